The molecule has 1 heterocycles. The predicted molar refractivity (Wildman–Crippen MR) is 49.2 cm³/mol. The average molecular weight is 187 g/mol. The van der Waals surface area contributed by atoms with Gasteiger partial charge in [0, 0.05) is 6.54 Å². The van der Waals surface area contributed by atoms with E-state index in [1.54, 1.807) is 0 Å². The largest absolute Gasteiger partial charge is 0.330 e. The van der Waals surface area contributed by atoms with E-state index in [9.17, 15) is 0 Å². The van der Waals surface area contributed by atoms with Crippen LogP contribution in [0.15, 0.2) is 0 Å². The van der Waals surface area contributed by atoms with Crippen LogP contribution in [0.5, 0.6) is 0 Å². The second-order valence-electron chi connectivity index (χ2n) is 2.65. The Labute approximate surface area is 75.0 Å². The average Bonchev–Trinajstić information content (AvgIpc) is 2.14. The molecule has 64 valence electrons. The molecule has 0 spiro atoms. The van der Waals surface area contributed by atoms with E-state index >= 15 is 0 Å². The van der Waals surface area contributed by atoms with E-state index in [-0.39, 0.29) is 24.8 Å². The maximum absolute atomic E-state index is 5.47. The van der Waals surface area contributed by atoms with Crippen molar-refractivity contribution < 1.29 is 0 Å². The van der Waals surface area contributed by atoms with Gasteiger partial charge in [0.25, 0.3) is 0 Å². The summed E-state index contributed by atoms with van der Waals surface area (Å²) < 4.78 is 0. The zero-order valence-corrected chi connectivity index (χ0v) is 7.88. The van der Waals surface area contributed by atoms with Crippen LogP contribution in [-0.2, 0) is 0 Å². The lowest BCUT2D eigenvalue weighted by Crippen LogP contribution is -2.18. The number of hydrogen-bond donors (Lipinski definition) is 1. The van der Waals surface area contributed by atoms with Crippen molar-refractivity contribution in [3.05, 3.63) is 0 Å². The molecule has 0 unspecified atom stereocenters. The first-order valence-electron chi connectivity index (χ1n) is 3.21. The number of likely N-dealkylation sites (tertiary alicyclic amines) is 1. The van der Waals surface area contributed by atoms with E-state index in [1.807, 2.05) is 0 Å². The molecule has 0 bridgehead atoms. The smallest absolute Gasteiger partial charge is 0.00191 e. The van der Waals surface area contributed by atoms with Crippen LogP contribution in [-0.4, -0.2) is 31.6 Å². The standard InChI is InChI=1S/C6H14N2.2ClH/c1-8-3-2-6(4-7)5-8;;/h6H,2-5,7H2,1H3;2*1H/t6-;;/m1../s1. The van der Waals surface area contributed by atoms with E-state index < -0.39 is 0 Å². The first-order chi connectivity index (χ1) is 3.83. The molecule has 1 saturated heterocycles. The van der Waals surface area contributed by atoms with Gasteiger partial charge in [0.1, 0.15) is 0 Å². The Hall–Kier alpha value is 0.500. The van der Waals surface area contributed by atoms with Gasteiger partial charge in [-0.1, -0.05) is 0 Å². The van der Waals surface area contributed by atoms with Crippen molar-refractivity contribution in [2.24, 2.45) is 11.7 Å². The fourth-order valence-corrected chi connectivity index (χ4v) is 1.22. The molecule has 4 heteroatoms. The molecular weight excluding hydrogens is 171 g/mol. The van der Waals surface area contributed by atoms with Gasteiger partial charge in [-0.05, 0) is 32.5 Å². The van der Waals surface area contributed by atoms with Crippen molar-refractivity contribution in [1.82, 2.24) is 4.90 Å². The minimum atomic E-state index is 0. The van der Waals surface area contributed by atoms with Gasteiger partial charge in [0.15, 0.2) is 0 Å². The van der Waals surface area contributed by atoms with E-state index in [0.717, 1.165) is 12.5 Å². The fraction of sp³-hybridized carbons (Fsp3) is 1.00. The Morgan fingerprint density at radius 2 is 2.10 bits per heavy atom. The van der Waals surface area contributed by atoms with Gasteiger partial charge in [0.2, 0.25) is 0 Å². The molecule has 0 aromatic heterocycles. The number of hydrogen-bond acceptors (Lipinski definition) is 2. The molecule has 1 fully saturated rings. The SMILES string of the molecule is CN1CC[C@H](CN)C1.Cl.Cl. The summed E-state index contributed by atoms with van der Waals surface area (Å²) in [4.78, 5) is 2.33. The summed E-state index contributed by atoms with van der Waals surface area (Å²) in [6, 6.07) is 0. The van der Waals surface area contributed by atoms with Crippen LogP contribution >= 0.6 is 24.8 Å². The molecule has 0 amide bonds. The van der Waals surface area contributed by atoms with Crippen LogP contribution in [0.2, 0.25) is 0 Å². The van der Waals surface area contributed by atoms with Crippen molar-refractivity contribution in [2.45, 2.75) is 6.42 Å². The first kappa shape index (κ1) is 13.1. The normalized spacial score (nSPS) is 25.2. The maximum Gasteiger partial charge on any atom is 0.00191 e. The fourth-order valence-electron chi connectivity index (χ4n) is 1.22. The molecule has 1 aliphatic heterocycles. The molecule has 1 aliphatic rings. The van der Waals surface area contributed by atoms with Gasteiger partial charge >= 0.3 is 0 Å². The van der Waals surface area contributed by atoms with Crippen LogP contribution in [0.3, 0.4) is 0 Å². The molecule has 0 aromatic rings. The van der Waals surface area contributed by atoms with Crippen molar-refractivity contribution >= 4 is 24.8 Å². The van der Waals surface area contributed by atoms with E-state index in [1.165, 1.54) is 19.5 Å². The third kappa shape index (κ3) is 3.62. The molecule has 1 atom stereocenters. The molecule has 0 saturated carbocycles. The highest BCUT2D eigenvalue weighted by molar-refractivity contribution is 5.85. The van der Waals surface area contributed by atoms with Gasteiger partial charge in [-0.2, -0.15) is 0 Å². The summed E-state index contributed by atoms with van der Waals surface area (Å²) in [5.74, 6) is 0.778. The predicted octanol–water partition coefficient (Wildman–Crippen LogP) is 0.740. The van der Waals surface area contributed by atoms with E-state index in [4.69, 9.17) is 5.73 Å². The molecule has 0 radical (unpaired) electrons. The monoisotopic (exact) mass is 186 g/mol. The Morgan fingerprint density at radius 3 is 2.30 bits per heavy atom. The van der Waals surface area contributed by atoms with Crippen LogP contribution < -0.4 is 5.73 Å². The lowest BCUT2D eigenvalue weighted by atomic mass is 10.1. The molecule has 10 heavy (non-hydrogen) atoms. The van der Waals surface area contributed by atoms with Crippen LogP contribution in [0.25, 0.3) is 0 Å². The minimum absolute atomic E-state index is 0. The summed E-state index contributed by atoms with van der Waals surface area (Å²) in [6.07, 6.45) is 1.30. The second kappa shape index (κ2) is 6.23. The Kier molecular flexibility index (Phi) is 8.17. The second-order valence-corrected chi connectivity index (χ2v) is 2.65. The number of nitrogens with two attached hydrogens (primary N) is 1. The molecule has 2 N–H and O–H groups in total. The Balaban J connectivity index is 0. The first-order valence-corrected chi connectivity index (χ1v) is 3.21. The summed E-state index contributed by atoms with van der Waals surface area (Å²) in [7, 11) is 2.15. The highest BCUT2D eigenvalue weighted by Crippen LogP contribution is 2.11. The lowest BCUT2D eigenvalue weighted by Gasteiger charge is -2.05. The van der Waals surface area contributed by atoms with Gasteiger partial charge in [-0.25, -0.2) is 0 Å². The Bertz CT molecular complexity index is 80.1. The van der Waals surface area contributed by atoms with Crippen LogP contribution in [0.4, 0.5) is 0 Å². The molecular formula is C6H16Cl2N2. The van der Waals surface area contributed by atoms with Crippen molar-refractivity contribution in [1.29, 1.82) is 0 Å². The number of rotatable bonds is 1. The van der Waals surface area contributed by atoms with Gasteiger partial charge in [-0.15, -0.1) is 24.8 Å². The summed E-state index contributed by atoms with van der Waals surface area (Å²) in [5, 5.41) is 0. The van der Waals surface area contributed by atoms with Crippen LogP contribution in [0, 0.1) is 5.92 Å². The maximum atomic E-state index is 5.47. The zero-order valence-electron chi connectivity index (χ0n) is 6.25. The zero-order chi connectivity index (χ0) is 5.98. The van der Waals surface area contributed by atoms with Gasteiger partial charge < -0.3 is 10.6 Å². The third-order valence-electron chi connectivity index (χ3n) is 1.82. The number of halogens is 2. The van der Waals surface area contributed by atoms with Crippen molar-refractivity contribution in [3.63, 3.8) is 0 Å². The highest BCUT2D eigenvalue weighted by atomic mass is 35.5. The molecule has 0 aromatic carbocycles. The summed E-state index contributed by atoms with van der Waals surface area (Å²) in [6.45, 7) is 3.31. The highest BCUT2D eigenvalue weighted by Gasteiger charge is 2.16. The Morgan fingerprint density at radius 1 is 1.50 bits per heavy atom. The van der Waals surface area contributed by atoms with E-state index in [0.29, 0.717) is 0 Å². The van der Waals surface area contributed by atoms with Gasteiger partial charge in [0.05, 0.1) is 0 Å². The lowest BCUT2D eigenvalue weighted by molar-refractivity contribution is 0.397. The topological polar surface area (TPSA) is 29.3 Å². The number of nitrogens with zero attached hydrogens (tertiary/aromatic N) is 1. The third-order valence-corrected chi connectivity index (χ3v) is 1.82. The van der Waals surface area contributed by atoms with Gasteiger partial charge in [-0.3, -0.25) is 0 Å². The van der Waals surface area contributed by atoms with Crippen molar-refractivity contribution in [3.8, 4) is 0 Å². The van der Waals surface area contributed by atoms with Crippen molar-refractivity contribution in [2.75, 3.05) is 26.7 Å². The molecule has 2 nitrogen and oxygen atoms in total. The quantitative estimate of drug-likeness (QED) is 0.656. The van der Waals surface area contributed by atoms with Crippen LogP contribution in [0.1, 0.15) is 6.42 Å². The molecule has 0 aliphatic carbocycles. The van der Waals surface area contributed by atoms with E-state index in [2.05, 4.69) is 11.9 Å². The summed E-state index contributed by atoms with van der Waals surface area (Å²) >= 11 is 0. The summed E-state index contributed by atoms with van der Waals surface area (Å²) in [5.41, 5.74) is 5.47. The molecule has 1 rings (SSSR count). The minimum Gasteiger partial charge on any atom is -0.330 e.